The summed E-state index contributed by atoms with van der Waals surface area (Å²) < 4.78 is 0. The van der Waals surface area contributed by atoms with Crippen molar-refractivity contribution in [1.82, 2.24) is 10.2 Å². The molecular weight excluding hydrogens is 440 g/mol. The van der Waals surface area contributed by atoms with Gasteiger partial charge in [0.2, 0.25) is 5.91 Å². The van der Waals surface area contributed by atoms with Crippen LogP contribution in [0.3, 0.4) is 0 Å². The molecular formula is C28H34N4O3. The van der Waals surface area contributed by atoms with Crippen molar-refractivity contribution in [3.05, 3.63) is 59.2 Å². The molecule has 35 heavy (non-hydrogen) atoms. The molecule has 7 heteroatoms. The van der Waals surface area contributed by atoms with Crippen LogP contribution < -0.4 is 16.0 Å². The maximum Gasteiger partial charge on any atom is 0.256 e. The molecule has 1 aliphatic carbocycles. The normalized spacial score (nSPS) is 20.5. The fourth-order valence-corrected chi connectivity index (χ4v) is 4.72. The van der Waals surface area contributed by atoms with Gasteiger partial charge in [0.05, 0.1) is 0 Å². The summed E-state index contributed by atoms with van der Waals surface area (Å²) in [5, 5.41) is 9.53. The van der Waals surface area contributed by atoms with Gasteiger partial charge in [-0.2, -0.15) is 0 Å². The molecule has 7 nitrogen and oxygen atoms in total. The lowest BCUT2D eigenvalue weighted by Gasteiger charge is -2.29. The smallest absolute Gasteiger partial charge is 0.256 e. The van der Waals surface area contributed by atoms with Gasteiger partial charge in [-0.15, -0.1) is 0 Å². The molecule has 184 valence electrons. The Kier molecular flexibility index (Phi) is 7.66. The van der Waals surface area contributed by atoms with E-state index in [4.69, 9.17) is 0 Å². The Morgan fingerprint density at radius 3 is 2.57 bits per heavy atom. The number of hydrogen-bond acceptors (Lipinski definition) is 5. The van der Waals surface area contributed by atoms with E-state index in [2.05, 4.69) is 20.9 Å². The van der Waals surface area contributed by atoms with Crippen LogP contribution in [-0.2, 0) is 9.59 Å². The molecule has 0 radical (unpaired) electrons. The van der Waals surface area contributed by atoms with Gasteiger partial charge in [0.15, 0.2) is 5.78 Å². The highest BCUT2D eigenvalue weighted by molar-refractivity contribution is 6.35. The average Bonchev–Trinajstić information content (AvgIpc) is 3.13. The monoisotopic (exact) mass is 474 g/mol. The topological polar surface area (TPSA) is 90.5 Å². The number of fused-ring (bicyclic) bond motifs is 1. The van der Waals surface area contributed by atoms with Crippen LogP contribution in [0.15, 0.2) is 42.5 Å². The summed E-state index contributed by atoms with van der Waals surface area (Å²) in [6, 6.07) is 13.6. The maximum atomic E-state index is 12.6. The van der Waals surface area contributed by atoms with Crippen molar-refractivity contribution in [3.63, 3.8) is 0 Å². The van der Waals surface area contributed by atoms with E-state index in [1.807, 2.05) is 44.4 Å². The standard InChI is InChI=1S/C28H34N4O3/c1-18(33)21-9-12-26-24(17-21)25(28(35)31-26)16-19-5-4-6-23(15-19)30-22-10-7-20(8-11-22)27(34)29-13-14-32(2)3/h4-6,9,12,15-17,20,22,30H,7-8,10-11,13-14H2,1-3H3,(H,29,34)(H,31,35). The number of benzene rings is 2. The summed E-state index contributed by atoms with van der Waals surface area (Å²) in [4.78, 5) is 38.9. The molecule has 1 saturated carbocycles. The third kappa shape index (κ3) is 6.17. The van der Waals surface area contributed by atoms with Gasteiger partial charge in [-0.25, -0.2) is 0 Å². The molecule has 2 amide bonds. The number of carbonyl (C=O) groups excluding carboxylic acids is 3. The van der Waals surface area contributed by atoms with Crippen molar-refractivity contribution in [2.45, 2.75) is 38.6 Å². The van der Waals surface area contributed by atoms with E-state index >= 15 is 0 Å². The van der Waals surface area contributed by atoms with Gasteiger partial charge in [0, 0.05) is 53.1 Å². The van der Waals surface area contributed by atoms with E-state index in [0.29, 0.717) is 23.7 Å². The third-order valence-corrected chi connectivity index (χ3v) is 6.73. The average molecular weight is 475 g/mol. The Labute approximate surface area is 207 Å². The quantitative estimate of drug-likeness (QED) is 0.397. The van der Waals surface area contributed by atoms with Crippen molar-refractivity contribution in [2.75, 3.05) is 37.8 Å². The third-order valence-electron chi connectivity index (χ3n) is 6.73. The van der Waals surface area contributed by atoms with Crippen LogP contribution in [0.5, 0.6) is 0 Å². The van der Waals surface area contributed by atoms with Gasteiger partial charge >= 0.3 is 0 Å². The summed E-state index contributed by atoms with van der Waals surface area (Å²) in [7, 11) is 4.00. The van der Waals surface area contributed by atoms with E-state index in [0.717, 1.165) is 54.7 Å². The Morgan fingerprint density at radius 1 is 1.09 bits per heavy atom. The van der Waals surface area contributed by atoms with Gasteiger partial charge in [0.25, 0.3) is 5.91 Å². The lowest BCUT2D eigenvalue weighted by atomic mass is 9.85. The van der Waals surface area contributed by atoms with Crippen molar-refractivity contribution < 1.29 is 14.4 Å². The molecule has 1 fully saturated rings. The number of rotatable bonds is 8. The minimum absolute atomic E-state index is 0.0292. The largest absolute Gasteiger partial charge is 0.382 e. The molecule has 0 aromatic heterocycles. The first-order valence-electron chi connectivity index (χ1n) is 12.3. The fraction of sp³-hybridized carbons (Fsp3) is 0.393. The molecule has 1 aliphatic heterocycles. The molecule has 0 spiro atoms. The van der Waals surface area contributed by atoms with E-state index < -0.39 is 0 Å². The second-order valence-corrected chi connectivity index (χ2v) is 9.74. The van der Waals surface area contributed by atoms with Crippen molar-refractivity contribution in [1.29, 1.82) is 0 Å². The zero-order valence-electron chi connectivity index (χ0n) is 20.7. The second kappa shape index (κ2) is 10.9. The molecule has 0 bridgehead atoms. The number of nitrogens with one attached hydrogen (secondary N) is 3. The van der Waals surface area contributed by atoms with Crippen LogP contribution in [-0.4, -0.2) is 55.7 Å². The van der Waals surface area contributed by atoms with Crippen molar-refractivity contribution in [3.8, 4) is 0 Å². The zero-order chi connectivity index (χ0) is 24.9. The Hall–Kier alpha value is -3.45. The minimum atomic E-state index is -0.166. The van der Waals surface area contributed by atoms with Gasteiger partial charge in [-0.1, -0.05) is 12.1 Å². The van der Waals surface area contributed by atoms with E-state index in [9.17, 15) is 14.4 Å². The first-order valence-corrected chi connectivity index (χ1v) is 12.3. The predicted molar refractivity (Wildman–Crippen MR) is 140 cm³/mol. The van der Waals surface area contributed by atoms with Crippen LogP contribution in [0.2, 0.25) is 0 Å². The van der Waals surface area contributed by atoms with E-state index in [-0.39, 0.29) is 23.5 Å². The summed E-state index contributed by atoms with van der Waals surface area (Å²) in [6.45, 7) is 3.06. The number of ketones is 1. The highest BCUT2D eigenvalue weighted by Gasteiger charge is 2.27. The summed E-state index contributed by atoms with van der Waals surface area (Å²) in [6.07, 6.45) is 5.52. The number of hydrogen-bond donors (Lipinski definition) is 3. The SMILES string of the molecule is CC(=O)c1ccc2c(c1)C(=Cc1cccc(NC3CCC(C(=O)NCCN(C)C)CC3)c1)C(=O)N2. The Bertz CT molecular complexity index is 1150. The molecule has 4 rings (SSSR count). The molecule has 2 aromatic rings. The van der Waals surface area contributed by atoms with Crippen molar-refractivity contribution in [2.24, 2.45) is 5.92 Å². The zero-order valence-corrected chi connectivity index (χ0v) is 20.7. The molecule has 1 heterocycles. The maximum absolute atomic E-state index is 12.6. The van der Waals surface area contributed by atoms with Gasteiger partial charge in [-0.3, -0.25) is 14.4 Å². The number of nitrogens with zero attached hydrogens (tertiary/aromatic N) is 1. The summed E-state index contributed by atoms with van der Waals surface area (Å²) in [5.74, 6) is 0.0637. The van der Waals surface area contributed by atoms with Crippen LogP contribution in [0.25, 0.3) is 11.6 Å². The van der Waals surface area contributed by atoms with Gasteiger partial charge in [-0.05, 0) is 88.7 Å². The molecule has 0 atom stereocenters. The molecule has 0 saturated heterocycles. The van der Waals surface area contributed by atoms with E-state index in [1.165, 1.54) is 6.92 Å². The lowest BCUT2D eigenvalue weighted by Crippen LogP contribution is -2.38. The number of anilines is 2. The number of carbonyl (C=O) groups is 3. The van der Waals surface area contributed by atoms with E-state index in [1.54, 1.807) is 18.2 Å². The fourth-order valence-electron chi connectivity index (χ4n) is 4.72. The molecule has 2 aromatic carbocycles. The highest BCUT2D eigenvalue weighted by atomic mass is 16.2. The van der Waals surface area contributed by atoms with Crippen LogP contribution in [0.1, 0.15) is 54.1 Å². The molecule has 2 aliphatic rings. The van der Waals surface area contributed by atoms with Crippen molar-refractivity contribution >= 4 is 40.6 Å². The Morgan fingerprint density at radius 2 is 1.86 bits per heavy atom. The van der Waals surface area contributed by atoms with Crippen LogP contribution in [0, 0.1) is 5.92 Å². The number of likely N-dealkylation sites (N-methyl/N-ethyl adjacent to an activating group) is 1. The summed E-state index contributed by atoms with van der Waals surface area (Å²) >= 11 is 0. The number of Topliss-reactive ketones (excluding diaryl/α,β-unsaturated/α-hetero) is 1. The second-order valence-electron chi connectivity index (χ2n) is 9.74. The minimum Gasteiger partial charge on any atom is -0.382 e. The van der Waals surface area contributed by atoms with Crippen LogP contribution in [0.4, 0.5) is 11.4 Å². The van der Waals surface area contributed by atoms with Gasteiger partial charge in [0.1, 0.15) is 0 Å². The summed E-state index contributed by atoms with van der Waals surface area (Å²) in [5.41, 5.74) is 4.53. The Balaban J connectivity index is 1.38. The lowest BCUT2D eigenvalue weighted by molar-refractivity contribution is -0.126. The first kappa shape index (κ1) is 24.7. The molecule has 0 unspecified atom stereocenters. The predicted octanol–water partition coefficient (Wildman–Crippen LogP) is 4.03. The highest BCUT2D eigenvalue weighted by Crippen LogP contribution is 2.34. The van der Waals surface area contributed by atoms with Crippen LogP contribution >= 0.6 is 0 Å². The molecule has 3 N–H and O–H groups in total. The van der Waals surface area contributed by atoms with Gasteiger partial charge < -0.3 is 20.9 Å². The number of amides is 2. The first-order chi connectivity index (χ1) is 16.8.